The Morgan fingerprint density at radius 1 is 1.29 bits per heavy atom. The van der Waals surface area contributed by atoms with E-state index in [1.165, 1.54) is 5.56 Å². The zero-order chi connectivity index (χ0) is 12.0. The number of carbonyl (C=O) groups is 1. The summed E-state index contributed by atoms with van der Waals surface area (Å²) in [7, 11) is 0. The van der Waals surface area contributed by atoms with Crippen molar-refractivity contribution in [3.05, 3.63) is 35.9 Å². The second-order valence-electron chi connectivity index (χ2n) is 5.78. The number of rotatable bonds is 4. The van der Waals surface area contributed by atoms with Gasteiger partial charge in [0.25, 0.3) is 0 Å². The van der Waals surface area contributed by atoms with E-state index in [-0.39, 0.29) is 11.7 Å². The summed E-state index contributed by atoms with van der Waals surface area (Å²) in [5.74, 6) is 1.32. The third kappa shape index (κ3) is 1.91. The first kappa shape index (κ1) is 11.0. The summed E-state index contributed by atoms with van der Waals surface area (Å²) >= 11 is 0. The van der Waals surface area contributed by atoms with Crippen molar-refractivity contribution in [1.29, 1.82) is 0 Å². The van der Waals surface area contributed by atoms with Gasteiger partial charge >= 0.3 is 0 Å². The molecular weight excluding hydrogens is 210 g/mol. The molecule has 3 unspecified atom stereocenters. The van der Waals surface area contributed by atoms with Crippen LogP contribution in [0.1, 0.15) is 37.7 Å². The van der Waals surface area contributed by atoms with Crippen LogP contribution in [-0.2, 0) is 4.79 Å². The summed E-state index contributed by atoms with van der Waals surface area (Å²) in [6.45, 7) is 1.92. The van der Waals surface area contributed by atoms with Crippen LogP contribution in [0.25, 0.3) is 0 Å². The van der Waals surface area contributed by atoms with Gasteiger partial charge in [-0.2, -0.15) is 0 Å². The molecule has 2 fully saturated rings. The van der Waals surface area contributed by atoms with E-state index in [2.05, 4.69) is 12.1 Å². The smallest absolute Gasteiger partial charge is 0.156 e. The number of carbonyl (C=O) groups excluding carboxylic acids is 1. The van der Waals surface area contributed by atoms with E-state index in [0.717, 1.165) is 19.3 Å². The Morgan fingerprint density at radius 3 is 2.53 bits per heavy atom. The molecule has 0 amide bonds. The first-order chi connectivity index (χ1) is 8.10. The lowest BCUT2D eigenvalue weighted by Crippen LogP contribution is -2.48. The number of Topliss-reactive ketones (excluding diaryl/α,β-unsaturated/α-hetero) is 1. The normalized spacial score (nSPS) is 30.7. The van der Waals surface area contributed by atoms with Crippen molar-refractivity contribution in [2.75, 3.05) is 0 Å². The first-order valence-electron chi connectivity index (χ1n) is 6.49. The summed E-state index contributed by atoms with van der Waals surface area (Å²) in [6, 6.07) is 10.3. The number of hydrogen-bond acceptors (Lipinski definition) is 2. The zero-order valence-electron chi connectivity index (χ0n) is 10.2. The Balaban J connectivity index is 1.70. The van der Waals surface area contributed by atoms with Gasteiger partial charge in [0.2, 0.25) is 0 Å². The highest BCUT2D eigenvalue weighted by Gasteiger charge is 2.53. The van der Waals surface area contributed by atoms with Gasteiger partial charge in [-0.05, 0) is 43.6 Å². The van der Waals surface area contributed by atoms with Crippen molar-refractivity contribution in [3.8, 4) is 0 Å². The van der Waals surface area contributed by atoms with Gasteiger partial charge in [0.05, 0.1) is 5.54 Å². The minimum Gasteiger partial charge on any atom is -0.319 e. The van der Waals surface area contributed by atoms with Gasteiger partial charge in [-0.25, -0.2) is 0 Å². The minimum absolute atomic E-state index is 0.174. The van der Waals surface area contributed by atoms with Crippen molar-refractivity contribution < 1.29 is 4.79 Å². The molecule has 0 aromatic heterocycles. The maximum atomic E-state index is 12.4. The third-order valence-corrected chi connectivity index (χ3v) is 4.31. The second-order valence-corrected chi connectivity index (χ2v) is 5.78. The van der Waals surface area contributed by atoms with E-state index in [4.69, 9.17) is 5.73 Å². The van der Waals surface area contributed by atoms with Crippen molar-refractivity contribution in [3.63, 3.8) is 0 Å². The topological polar surface area (TPSA) is 43.1 Å². The molecule has 1 aromatic carbocycles. The molecule has 2 aliphatic carbocycles. The predicted molar refractivity (Wildman–Crippen MR) is 67.6 cm³/mol. The average molecular weight is 229 g/mol. The van der Waals surface area contributed by atoms with E-state index in [1.807, 2.05) is 25.1 Å². The van der Waals surface area contributed by atoms with Crippen LogP contribution in [0.4, 0.5) is 0 Å². The van der Waals surface area contributed by atoms with Crippen LogP contribution in [0.3, 0.4) is 0 Å². The predicted octanol–water partition coefficient (Wildman–Crippen LogP) is 2.49. The molecule has 2 heteroatoms. The Hall–Kier alpha value is -1.15. The van der Waals surface area contributed by atoms with Gasteiger partial charge < -0.3 is 5.73 Å². The molecule has 3 rings (SSSR count). The summed E-state index contributed by atoms with van der Waals surface area (Å²) < 4.78 is 0. The number of benzene rings is 1. The van der Waals surface area contributed by atoms with Crippen molar-refractivity contribution in [2.45, 2.75) is 37.6 Å². The molecular formula is C15H19NO. The highest BCUT2D eigenvalue weighted by atomic mass is 16.1. The number of ketones is 1. The lowest BCUT2D eigenvalue weighted by Gasteiger charge is -2.22. The fraction of sp³-hybridized carbons (Fsp3) is 0.533. The SMILES string of the molecule is CC(N)(C(=O)C1CC1c1ccccc1)C1CC1. The molecule has 90 valence electrons. The van der Waals surface area contributed by atoms with E-state index in [0.29, 0.717) is 11.8 Å². The van der Waals surface area contributed by atoms with Crippen molar-refractivity contribution in [1.82, 2.24) is 0 Å². The molecule has 17 heavy (non-hydrogen) atoms. The Morgan fingerprint density at radius 2 is 1.94 bits per heavy atom. The average Bonchev–Trinajstić information content (AvgIpc) is 3.18. The van der Waals surface area contributed by atoms with Crippen LogP contribution >= 0.6 is 0 Å². The van der Waals surface area contributed by atoms with Gasteiger partial charge in [-0.3, -0.25) is 4.79 Å². The molecule has 2 nitrogen and oxygen atoms in total. The first-order valence-corrected chi connectivity index (χ1v) is 6.49. The largest absolute Gasteiger partial charge is 0.319 e. The molecule has 0 spiro atoms. The molecule has 2 saturated carbocycles. The van der Waals surface area contributed by atoms with Crippen LogP contribution in [0, 0.1) is 11.8 Å². The zero-order valence-corrected chi connectivity index (χ0v) is 10.2. The Labute approximate surface area is 102 Å². The minimum atomic E-state index is -0.575. The van der Waals surface area contributed by atoms with Crippen LogP contribution in [0.15, 0.2) is 30.3 Å². The fourth-order valence-electron chi connectivity index (χ4n) is 2.84. The highest BCUT2D eigenvalue weighted by molar-refractivity contribution is 5.93. The monoisotopic (exact) mass is 229 g/mol. The Kier molecular flexibility index (Phi) is 2.37. The standard InChI is InChI=1S/C15H19NO/c1-15(16,11-7-8-11)14(17)13-9-12(13)10-5-3-2-4-6-10/h2-6,11-13H,7-9,16H2,1H3. The maximum absolute atomic E-state index is 12.4. The van der Waals surface area contributed by atoms with Gasteiger partial charge in [0.1, 0.15) is 0 Å². The van der Waals surface area contributed by atoms with Gasteiger partial charge in [0, 0.05) is 5.92 Å². The molecule has 0 saturated heterocycles. The highest BCUT2D eigenvalue weighted by Crippen LogP contribution is 2.52. The van der Waals surface area contributed by atoms with E-state index >= 15 is 0 Å². The summed E-state index contributed by atoms with van der Waals surface area (Å²) in [4.78, 5) is 12.4. The van der Waals surface area contributed by atoms with Crippen LogP contribution in [0.5, 0.6) is 0 Å². The molecule has 0 bridgehead atoms. The Bertz CT molecular complexity index is 433. The van der Waals surface area contributed by atoms with Gasteiger partial charge in [0.15, 0.2) is 5.78 Å². The van der Waals surface area contributed by atoms with Crippen molar-refractivity contribution in [2.24, 2.45) is 17.6 Å². The van der Waals surface area contributed by atoms with Crippen molar-refractivity contribution >= 4 is 5.78 Å². The fourth-order valence-corrected chi connectivity index (χ4v) is 2.84. The van der Waals surface area contributed by atoms with Gasteiger partial charge in [-0.1, -0.05) is 30.3 Å². The quantitative estimate of drug-likeness (QED) is 0.862. The second kappa shape index (κ2) is 3.67. The van der Waals surface area contributed by atoms with Crippen LogP contribution in [-0.4, -0.2) is 11.3 Å². The molecule has 0 radical (unpaired) electrons. The molecule has 3 atom stereocenters. The molecule has 1 aromatic rings. The van der Waals surface area contributed by atoms with E-state index in [9.17, 15) is 4.79 Å². The molecule has 0 heterocycles. The van der Waals surface area contributed by atoms with Crippen LogP contribution in [0.2, 0.25) is 0 Å². The molecule has 2 N–H and O–H groups in total. The number of nitrogens with two attached hydrogens (primary N) is 1. The van der Waals surface area contributed by atoms with Gasteiger partial charge in [-0.15, -0.1) is 0 Å². The maximum Gasteiger partial charge on any atom is 0.156 e. The van der Waals surface area contributed by atoms with E-state index in [1.54, 1.807) is 0 Å². The molecule has 2 aliphatic rings. The van der Waals surface area contributed by atoms with E-state index < -0.39 is 5.54 Å². The summed E-state index contributed by atoms with van der Waals surface area (Å²) in [5, 5.41) is 0. The van der Waals surface area contributed by atoms with Crippen LogP contribution < -0.4 is 5.73 Å². The summed E-state index contributed by atoms with van der Waals surface area (Å²) in [6.07, 6.45) is 3.24. The lowest BCUT2D eigenvalue weighted by molar-refractivity contribution is -0.125. The third-order valence-electron chi connectivity index (χ3n) is 4.31. The summed E-state index contributed by atoms with van der Waals surface area (Å²) in [5.41, 5.74) is 6.91. The number of hydrogen-bond donors (Lipinski definition) is 1. The molecule has 0 aliphatic heterocycles. The lowest BCUT2D eigenvalue weighted by atomic mass is 9.88.